The van der Waals surface area contributed by atoms with Crippen LogP contribution in [0.3, 0.4) is 0 Å². The highest BCUT2D eigenvalue weighted by molar-refractivity contribution is 6.00. The minimum absolute atomic E-state index is 0. The fourth-order valence-electron chi connectivity index (χ4n) is 3.57. The second-order valence-electron chi connectivity index (χ2n) is 7.82. The van der Waals surface area contributed by atoms with E-state index in [1.165, 1.54) is 6.20 Å². The largest absolute Gasteiger partial charge is 0.490 e. The summed E-state index contributed by atoms with van der Waals surface area (Å²) in [5.41, 5.74) is 7.17. The minimum atomic E-state index is -5.08. The molecule has 0 unspecified atom stereocenters. The lowest BCUT2D eigenvalue weighted by molar-refractivity contribution is -0.192. The summed E-state index contributed by atoms with van der Waals surface area (Å²) in [5.74, 6) is 3.56. The molecule has 1 aliphatic heterocycles. The van der Waals surface area contributed by atoms with Gasteiger partial charge < -0.3 is 21.1 Å². The van der Waals surface area contributed by atoms with Crippen LogP contribution in [0.25, 0.3) is 11.0 Å². The van der Waals surface area contributed by atoms with Crippen LogP contribution < -0.4 is 21.5 Å². The average Bonchev–Trinajstić information content (AvgIpc) is 3.24. The summed E-state index contributed by atoms with van der Waals surface area (Å²) in [6, 6.07) is 6.80. The molecule has 38 heavy (non-hydrogen) atoms. The van der Waals surface area contributed by atoms with E-state index >= 15 is 0 Å². The highest BCUT2D eigenvalue weighted by atomic mass is 19.4. The molecule has 2 aromatic heterocycles. The third kappa shape index (κ3) is 6.88. The topological polar surface area (TPSA) is 148 Å². The van der Waals surface area contributed by atoms with Gasteiger partial charge >= 0.3 is 12.1 Å². The third-order valence-electron chi connectivity index (χ3n) is 5.34. The fraction of sp³-hybridized carbons (Fsp3) is 0.375. The van der Waals surface area contributed by atoms with E-state index < -0.39 is 12.1 Å². The number of anilines is 2. The maximum absolute atomic E-state index is 13.2. The van der Waals surface area contributed by atoms with Crippen molar-refractivity contribution < 1.29 is 27.9 Å². The van der Waals surface area contributed by atoms with E-state index in [-0.39, 0.29) is 25.3 Å². The SMILES string of the molecule is C.CC#CCn1c(N2CCNCC2)nc2cnn(CC(=O)c3ccccc3N)c(=O)c21.O=C(O)C(F)(F)F. The number of nitrogens with two attached hydrogens (primary N) is 1. The number of halogens is 3. The number of alkyl halides is 3. The first-order valence-electron chi connectivity index (χ1n) is 11.0. The predicted molar refractivity (Wildman–Crippen MR) is 136 cm³/mol. The number of carbonyl (C=O) groups excluding carboxylic acids is 1. The number of hydrogen-bond donors (Lipinski definition) is 3. The Morgan fingerprint density at radius 2 is 1.84 bits per heavy atom. The molecule has 0 bridgehead atoms. The number of carboxylic acid groups (broad SMARTS) is 1. The van der Waals surface area contributed by atoms with Crippen LogP contribution in [-0.4, -0.2) is 68.5 Å². The second kappa shape index (κ2) is 12.7. The number of nitrogen functional groups attached to an aromatic ring is 1. The average molecular weight is 536 g/mol. The molecule has 1 fully saturated rings. The number of Topliss-reactive ketones (excluding diaryl/α,β-unsaturated/α-hetero) is 1. The molecule has 0 aliphatic carbocycles. The summed E-state index contributed by atoms with van der Waals surface area (Å²) in [6.45, 7) is 5.16. The lowest BCUT2D eigenvalue weighted by Crippen LogP contribution is -2.44. The monoisotopic (exact) mass is 535 g/mol. The number of fused-ring (bicyclic) bond motifs is 1. The summed E-state index contributed by atoms with van der Waals surface area (Å²) in [4.78, 5) is 41.6. The van der Waals surface area contributed by atoms with Crippen LogP contribution in [0.1, 0.15) is 24.7 Å². The van der Waals surface area contributed by atoms with Gasteiger partial charge in [0.2, 0.25) is 5.95 Å². The zero-order valence-corrected chi connectivity index (χ0v) is 19.7. The Hall–Kier alpha value is -4.38. The van der Waals surface area contributed by atoms with Crippen LogP contribution in [0, 0.1) is 11.8 Å². The predicted octanol–water partition coefficient (Wildman–Crippen LogP) is 1.76. The Balaban J connectivity index is 0.000000561. The Morgan fingerprint density at radius 3 is 2.42 bits per heavy atom. The molecule has 0 spiro atoms. The smallest absolute Gasteiger partial charge is 0.475 e. The number of nitrogens with zero attached hydrogens (tertiary/aromatic N) is 5. The molecule has 3 aromatic rings. The van der Waals surface area contributed by atoms with Gasteiger partial charge in [-0.3, -0.25) is 14.2 Å². The van der Waals surface area contributed by atoms with Crippen molar-refractivity contribution in [3.8, 4) is 11.8 Å². The molecular weight excluding hydrogens is 507 g/mol. The number of imidazole rings is 1. The van der Waals surface area contributed by atoms with E-state index in [9.17, 15) is 22.8 Å². The second-order valence-corrected chi connectivity index (χ2v) is 7.82. The normalized spacial score (nSPS) is 13.0. The Bertz CT molecular complexity index is 1410. The van der Waals surface area contributed by atoms with Crippen molar-refractivity contribution >= 4 is 34.4 Å². The van der Waals surface area contributed by atoms with Crippen molar-refractivity contribution in [2.45, 2.75) is 33.6 Å². The number of piperazine rings is 1. The van der Waals surface area contributed by atoms with Crippen molar-refractivity contribution in [1.29, 1.82) is 0 Å². The van der Waals surface area contributed by atoms with Gasteiger partial charge in [-0.1, -0.05) is 25.5 Å². The molecule has 4 N–H and O–H groups in total. The molecule has 0 amide bonds. The summed E-state index contributed by atoms with van der Waals surface area (Å²) in [6.07, 6.45) is -3.56. The van der Waals surface area contributed by atoms with Gasteiger partial charge in [-0.25, -0.2) is 14.5 Å². The van der Waals surface area contributed by atoms with Crippen molar-refractivity contribution in [3.05, 3.63) is 46.4 Å². The van der Waals surface area contributed by atoms with Gasteiger partial charge in [0.25, 0.3) is 5.56 Å². The van der Waals surface area contributed by atoms with E-state index in [2.05, 4.69) is 32.1 Å². The quantitative estimate of drug-likeness (QED) is 0.252. The lowest BCUT2D eigenvalue weighted by atomic mass is 10.1. The Labute approximate surface area is 216 Å². The van der Waals surface area contributed by atoms with Crippen LogP contribution in [0.15, 0.2) is 35.3 Å². The number of para-hydroxylation sites is 1. The standard InChI is InChI=1S/C21H23N7O2.C2HF3O2.CH4/c1-2-3-10-27-19-17(25-21(27)26-11-8-23-9-12-26)13-24-28(20(19)30)14-18(29)15-6-4-5-7-16(15)22;3-2(4,5)1(6)7;/h4-7,13,23H,8-12,14,22H2,1H3;(H,6,7);1H4. The zero-order chi connectivity index (χ0) is 27.2. The number of ketones is 1. The van der Waals surface area contributed by atoms with Gasteiger partial charge in [-0.15, -0.1) is 5.92 Å². The van der Waals surface area contributed by atoms with Gasteiger partial charge in [0.1, 0.15) is 17.6 Å². The van der Waals surface area contributed by atoms with Crippen LogP contribution >= 0.6 is 0 Å². The summed E-state index contributed by atoms with van der Waals surface area (Å²) >= 11 is 0. The number of rotatable bonds is 5. The summed E-state index contributed by atoms with van der Waals surface area (Å²) < 4.78 is 34.7. The molecule has 0 atom stereocenters. The minimum Gasteiger partial charge on any atom is -0.475 e. The van der Waals surface area contributed by atoms with E-state index in [4.69, 9.17) is 15.6 Å². The number of nitrogens with one attached hydrogen (secondary N) is 1. The molecule has 3 heterocycles. The highest BCUT2D eigenvalue weighted by Gasteiger charge is 2.38. The summed E-state index contributed by atoms with van der Waals surface area (Å²) in [7, 11) is 0. The highest BCUT2D eigenvalue weighted by Crippen LogP contribution is 2.20. The van der Waals surface area contributed by atoms with E-state index in [1.807, 2.05) is 4.57 Å². The van der Waals surface area contributed by atoms with Crippen molar-refractivity contribution in [3.63, 3.8) is 0 Å². The van der Waals surface area contributed by atoms with Crippen molar-refractivity contribution in [1.82, 2.24) is 24.6 Å². The molecule has 11 nitrogen and oxygen atoms in total. The maximum Gasteiger partial charge on any atom is 0.490 e. The number of hydrogen-bond acceptors (Lipinski definition) is 8. The van der Waals surface area contributed by atoms with E-state index in [0.29, 0.717) is 34.8 Å². The maximum atomic E-state index is 13.2. The van der Waals surface area contributed by atoms with Gasteiger partial charge in [-0.2, -0.15) is 18.3 Å². The molecule has 204 valence electrons. The molecule has 4 rings (SSSR count). The number of benzene rings is 1. The van der Waals surface area contributed by atoms with Gasteiger partial charge in [0, 0.05) is 37.4 Å². The summed E-state index contributed by atoms with van der Waals surface area (Å²) in [5, 5.41) is 14.6. The molecule has 1 aromatic carbocycles. The molecule has 0 radical (unpaired) electrons. The van der Waals surface area contributed by atoms with Crippen molar-refractivity contribution in [2.75, 3.05) is 36.8 Å². The Kier molecular flexibility index (Phi) is 10.00. The van der Waals surface area contributed by atoms with Gasteiger partial charge in [-0.05, 0) is 19.1 Å². The molecule has 1 aliphatic rings. The molecular formula is C24H28F3N7O4. The Morgan fingerprint density at radius 1 is 1.21 bits per heavy atom. The first kappa shape index (κ1) is 29.8. The van der Waals surface area contributed by atoms with Crippen LogP contribution in [0.2, 0.25) is 0 Å². The first-order chi connectivity index (χ1) is 17.5. The van der Waals surface area contributed by atoms with Crippen molar-refractivity contribution in [2.24, 2.45) is 0 Å². The van der Waals surface area contributed by atoms with E-state index in [1.54, 1.807) is 31.2 Å². The van der Waals surface area contributed by atoms with Crippen LogP contribution in [-0.2, 0) is 17.9 Å². The number of aromatic nitrogens is 4. The number of carbonyl (C=O) groups is 2. The van der Waals surface area contributed by atoms with Gasteiger partial charge in [0.15, 0.2) is 5.78 Å². The van der Waals surface area contributed by atoms with E-state index in [0.717, 1.165) is 30.9 Å². The third-order valence-corrected chi connectivity index (χ3v) is 5.34. The van der Waals surface area contributed by atoms with Crippen LogP contribution in [0.5, 0.6) is 0 Å². The molecule has 1 saturated heterocycles. The number of aliphatic carboxylic acids is 1. The zero-order valence-electron chi connectivity index (χ0n) is 19.7. The lowest BCUT2D eigenvalue weighted by Gasteiger charge is -2.28. The first-order valence-corrected chi connectivity index (χ1v) is 11.0. The van der Waals surface area contributed by atoms with Crippen LogP contribution in [0.4, 0.5) is 24.8 Å². The fourth-order valence-corrected chi connectivity index (χ4v) is 3.57. The number of carboxylic acids is 1. The molecule has 0 saturated carbocycles. The molecule has 14 heteroatoms. The van der Waals surface area contributed by atoms with Gasteiger partial charge in [0.05, 0.1) is 12.7 Å².